The minimum Gasteiger partial charge on any atom is -0.348 e. The summed E-state index contributed by atoms with van der Waals surface area (Å²) in [6.45, 7) is 0. The van der Waals surface area contributed by atoms with Crippen molar-refractivity contribution in [3.05, 3.63) is 0 Å². The van der Waals surface area contributed by atoms with Crippen molar-refractivity contribution in [2.45, 2.75) is 50.9 Å². The molecule has 0 amide bonds. The summed E-state index contributed by atoms with van der Waals surface area (Å²) in [5.74, 6) is 0.804. The molecule has 0 radical (unpaired) electrons. The van der Waals surface area contributed by atoms with Crippen LogP contribution in [0.3, 0.4) is 0 Å². The fourth-order valence-electron chi connectivity index (χ4n) is 2.37. The van der Waals surface area contributed by atoms with Crippen molar-refractivity contribution in [1.82, 2.24) is 0 Å². The van der Waals surface area contributed by atoms with Crippen molar-refractivity contribution in [1.29, 1.82) is 0 Å². The first-order valence-corrected chi connectivity index (χ1v) is 5.22. The molecule has 1 heterocycles. The summed E-state index contributed by atoms with van der Waals surface area (Å²) in [5.41, 5.74) is 0. The molecule has 3 heteroatoms. The van der Waals surface area contributed by atoms with Gasteiger partial charge in [-0.25, -0.2) is 0 Å². The summed E-state index contributed by atoms with van der Waals surface area (Å²) in [6.07, 6.45) is 7.97. The Morgan fingerprint density at radius 3 is 2.75 bits per heavy atom. The summed E-state index contributed by atoms with van der Waals surface area (Å²) in [6, 6.07) is 0. The Bertz CT molecular complexity index is 151. The van der Waals surface area contributed by atoms with Crippen LogP contribution in [-0.4, -0.2) is 12.4 Å². The van der Waals surface area contributed by atoms with Gasteiger partial charge in [-0.3, -0.25) is 4.18 Å². The Morgan fingerprint density at radius 1 is 1.08 bits per heavy atom. The first kappa shape index (κ1) is 8.85. The Kier molecular flexibility index (Phi) is 2.94. The van der Waals surface area contributed by atoms with Crippen LogP contribution >= 0.6 is 12.9 Å². The topological polar surface area (TPSA) is 18.5 Å². The van der Waals surface area contributed by atoms with Gasteiger partial charge in [0.15, 0.2) is 6.29 Å². The molecule has 0 bridgehead atoms. The van der Waals surface area contributed by atoms with Gasteiger partial charge in [0.1, 0.15) is 0 Å². The first-order chi connectivity index (χ1) is 5.90. The van der Waals surface area contributed by atoms with Gasteiger partial charge in [0.2, 0.25) is 0 Å². The molecule has 2 nitrogen and oxygen atoms in total. The predicted molar refractivity (Wildman–Crippen MR) is 49.9 cm³/mol. The van der Waals surface area contributed by atoms with Crippen LogP contribution in [0.15, 0.2) is 0 Å². The Labute approximate surface area is 79.2 Å². The maximum absolute atomic E-state index is 5.74. The highest BCUT2D eigenvalue weighted by Crippen LogP contribution is 2.36. The molecule has 1 aliphatic carbocycles. The fourth-order valence-corrected chi connectivity index (χ4v) is 2.53. The predicted octanol–water partition coefficient (Wildman–Crippen LogP) is 2.54. The van der Waals surface area contributed by atoms with Gasteiger partial charge in [-0.15, -0.1) is 0 Å². The zero-order chi connectivity index (χ0) is 8.39. The Morgan fingerprint density at radius 2 is 1.92 bits per heavy atom. The molecule has 2 aliphatic rings. The smallest absolute Gasteiger partial charge is 0.170 e. The van der Waals surface area contributed by atoms with E-state index in [0.717, 1.165) is 12.3 Å². The molecule has 2 fully saturated rings. The summed E-state index contributed by atoms with van der Waals surface area (Å²) >= 11 is 3.79. The van der Waals surface area contributed by atoms with E-state index >= 15 is 0 Å². The Hall–Kier alpha value is 0.270. The van der Waals surface area contributed by atoms with Gasteiger partial charge in [0, 0.05) is 0 Å². The molecule has 0 aromatic carbocycles. The summed E-state index contributed by atoms with van der Waals surface area (Å²) in [7, 11) is 0. The van der Waals surface area contributed by atoms with Crippen molar-refractivity contribution in [2.75, 3.05) is 0 Å². The lowest BCUT2D eigenvalue weighted by atomic mass is 9.82. The van der Waals surface area contributed by atoms with Crippen molar-refractivity contribution in [2.24, 2.45) is 5.92 Å². The van der Waals surface area contributed by atoms with Crippen LogP contribution in [0.1, 0.15) is 38.5 Å². The van der Waals surface area contributed by atoms with E-state index in [1.165, 1.54) is 32.1 Å². The third-order valence-corrected chi connectivity index (χ3v) is 3.29. The largest absolute Gasteiger partial charge is 0.348 e. The van der Waals surface area contributed by atoms with Crippen molar-refractivity contribution >= 4 is 12.9 Å². The van der Waals surface area contributed by atoms with Crippen molar-refractivity contribution in [3.8, 4) is 0 Å². The normalized spacial score (nSPS) is 42.2. The SMILES string of the molecule is SOC1CCC2CCCCC2O1. The summed E-state index contributed by atoms with van der Waals surface area (Å²) < 4.78 is 10.7. The van der Waals surface area contributed by atoms with E-state index < -0.39 is 0 Å². The van der Waals surface area contributed by atoms with Gasteiger partial charge < -0.3 is 4.74 Å². The minimum absolute atomic E-state index is 0.0484. The molecule has 1 saturated carbocycles. The Balaban J connectivity index is 1.90. The minimum atomic E-state index is -0.0484. The van der Waals surface area contributed by atoms with Crippen LogP contribution in [-0.2, 0) is 8.92 Å². The maximum Gasteiger partial charge on any atom is 0.170 e. The molecule has 70 valence electrons. The number of fused-ring (bicyclic) bond motifs is 1. The second-order valence-corrected chi connectivity index (χ2v) is 4.04. The van der Waals surface area contributed by atoms with Crippen molar-refractivity contribution < 1.29 is 8.92 Å². The first-order valence-electron chi connectivity index (χ1n) is 4.86. The molecule has 0 aromatic rings. The van der Waals surface area contributed by atoms with Gasteiger partial charge in [-0.1, -0.05) is 12.8 Å². The van der Waals surface area contributed by atoms with Gasteiger partial charge in [-0.05, 0) is 44.5 Å². The molecule has 3 atom stereocenters. The van der Waals surface area contributed by atoms with Gasteiger partial charge >= 0.3 is 0 Å². The number of rotatable bonds is 1. The van der Waals surface area contributed by atoms with Crippen LogP contribution in [0.5, 0.6) is 0 Å². The number of hydrogen-bond donors (Lipinski definition) is 1. The zero-order valence-electron chi connectivity index (χ0n) is 7.24. The maximum atomic E-state index is 5.74. The zero-order valence-corrected chi connectivity index (χ0v) is 8.13. The van der Waals surface area contributed by atoms with Crippen LogP contribution in [0, 0.1) is 5.92 Å². The molecule has 3 unspecified atom stereocenters. The lowest BCUT2D eigenvalue weighted by Gasteiger charge is -2.38. The highest BCUT2D eigenvalue weighted by molar-refractivity contribution is 7.75. The average Bonchev–Trinajstić information content (AvgIpc) is 2.17. The molecule has 1 aliphatic heterocycles. The van der Waals surface area contributed by atoms with E-state index in [4.69, 9.17) is 8.92 Å². The fraction of sp³-hybridized carbons (Fsp3) is 1.00. The third-order valence-electron chi connectivity index (χ3n) is 3.06. The van der Waals surface area contributed by atoms with E-state index in [1.54, 1.807) is 0 Å². The van der Waals surface area contributed by atoms with Crippen molar-refractivity contribution in [3.63, 3.8) is 0 Å². The van der Waals surface area contributed by atoms with Gasteiger partial charge in [0.25, 0.3) is 0 Å². The van der Waals surface area contributed by atoms with Crippen LogP contribution in [0.4, 0.5) is 0 Å². The molecule has 0 spiro atoms. The highest BCUT2D eigenvalue weighted by atomic mass is 32.1. The molecule has 0 aromatic heterocycles. The number of thiol groups is 1. The average molecular weight is 188 g/mol. The monoisotopic (exact) mass is 188 g/mol. The highest BCUT2D eigenvalue weighted by Gasteiger charge is 2.32. The molecule has 12 heavy (non-hydrogen) atoms. The molecule has 2 rings (SSSR count). The molecular formula is C9H16O2S. The molecular weight excluding hydrogens is 172 g/mol. The number of hydrogen-bond acceptors (Lipinski definition) is 3. The second-order valence-electron chi connectivity index (χ2n) is 3.83. The summed E-state index contributed by atoms with van der Waals surface area (Å²) in [5, 5.41) is 0. The van der Waals surface area contributed by atoms with E-state index in [9.17, 15) is 0 Å². The lowest BCUT2D eigenvalue weighted by molar-refractivity contribution is -0.170. The molecule has 0 N–H and O–H groups in total. The van der Waals surface area contributed by atoms with E-state index in [2.05, 4.69) is 12.9 Å². The lowest BCUT2D eigenvalue weighted by Crippen LogP contribution is -2.37. The van der Waals surface area contributed by atoms with Crippen LogP contribution < -0.4 is 0 Å². The standard InChI is InChI=1S/C9H16O2S/c12-11-9-6-5-7-3-1-2-4-8(7)10-9/h7-9,12H,1-6H2. The van der Waals surface area contributed by atoms with E-state index in [1.807, 2.05) is 0 Å². The van der Waals surface area contributed by atoms with Crippen LogP contribution in [0.2, 0.25) is 0 Å². The summed E-state index contributed by atoms with van der Waals surface area (Å²) in [4.78, 5) is 0. The second kappa shape index (κ2) is 3.99. The van der Waals surface area contributed by atoms with E-state index in [0.29, 0.717) is 6.10 Å². The van der Waals surface area contributed by atoms with E-state index in [-0.39, 0.29) is 6.29 Å². The van der Waals surface area contributed by atoms with Crippen LogP contribution in [0.25, 0.3) is 0 Å². The molecule has 1 saturated heterocycles. The number of ether oxygens (including phenoxy) is 1. The van der Waals surface area contributed by atoms with Gasteiger partial charge in [0.05, 0.1) is 6.10 Å². The van der Waals surface area contributed by atoms with Gasteiger partial charge in [-0.2, -0.15) is 0 Å². The third kappa shape index (κ3) is 1.78. The quantitative estimate of drug-likeness (QED) is 0.503.